The lowest BCUT2D eigenvalue weighted by Crippen LogP contribution is -2.49. The molecule has 7 nitrogen and oxygen atoms in total. The molecular formula is C21H31ClN4O3. The van der Waals surface area contributed by atoms with Gasteiger partial charge in [0.25, 0.3) is 0 Å². The molecule has 160 valence electrons. The number of hydrogen-bond donors (Lipinski definition) is 1. The normalized spacial score (nSPS) is 18.7. The van der Waals surface area contributed by atoms with Crippen molar-refractivity contribution in [2.24, 2.45) is 10.9 Å². The molecule has 1 amide bonds. The van der Waals surface area contributed by atoms with Gasteiger partial charge in [0, 0.05) is 56.3 Å². The second-order valence-electron chi connectivity index (χ2n) is 7.28. The molecule has 2 heterocycles. The molecule has 8 heteroatoms. The Morgan fingerprint density at radius 2 is 1.97 bits per heavy atom. The highest BCUT2D eigenvalue weighted by Crippen LogP contribution is 2.24. The number of morpholine rings is 1. The summed E-state index contributed by atoms with van der Waals surface area (Å²) in [5, 5.41) is 4.08. The molecule has 1 N–H and O–H groups in total. The first-order valence-corrected chi connectivity index (χ1v) is 10.7. The van der Waals surface area contributed by atoms with E-state index in [2.05, 4.69) is 15.2 Å². The molecule has 2 aliphatic heterocycles. The van der Waals surface area contributed by atoms with Crippen molar-refractivity contribution in [1.82, 2.24) is 15.1 Å². The number of amides is 1. The summed E-state index contributed by atoms with van der Waals surface area (Å²) >= 11 is 6.09. The van der Waals surface area contributed by atoms with Crippen molar-refractivity contribution in [1.29, 1.82) is 0 Å². The van der Waals surface area contributed by atoms with Crippen LogP contribution in [-0.2, 0) is 16.1 Å². The third-order valence-corrected chi connectivity index (χ3v) is 5.68. The molecule has 0 aromatic heterocycles. The first-order chi connectivity index (χ1) is 14.1. The number of hydrogen-bond acceptors (Lipinski definition) is 4. The fraction of sp³-hybridized carbons (Fsp3) is 0.619. The van der Waals surface area contributed by atoms with Gasteiger partial charge in [-0.05, 0) is 31.9 Å². The van der Waals surface area contributed by atoms with Crippen LogP contribution in [0.3, 0.4) is 0 Å². The van der Waals surface area contributed by atoms with E-state index in [1.165, 1.54) is 0 Å². The van der Waals surface area contributed by atoms with E-state index in [4.69, 9.17) is 21.1 Å². The van der Waals surface area contributed by atoms with Crippen LogP contribution in [0.1, 0.15) is 25.3 Å². The number of piperidine rings is 1. The third-order valence-electron chi connectivity index (χ3n) is 5.44. The van der Waals surface area contributed by atoms with Gasteiger partial charge in [-0.2, -0.15) is 0 Å². The maximum Gasteiger partial charge on any atom is 0.225 e. The van der Waals surface area contributed by atoms with Crippen LogP contribution in [0.4, 0.5) is 0 Å². The standard InChI is InChI=1S/C21H31ClN4O3/c1-3-29-19-14-18(22)5-4-17(19)15-24-21(23-2)26-8-6-16(7-9-26)20(27)25-10-12-28-13-11-25/h4-5,14,16H,3,6-13,15H2,1-2H3,(H,23,24). The molecule has 3 rings (SSSR count). The van der Waals surface area contributed by atoms with E-state index in [0.29, 0.717) is 44.5 Å². The maximum absolute atomic E-state index is 12.7. The number of ether oxygens (including phenoxy) is 2. The maximum atomic E-state index is 12.7. The lowest BCUT2D eigenvalue weighted by molar-refractivity contribution is -0.140. The molecule has 1 aromatic carbocycles. The summed E-state index contributed by atoms with van der Waals surface area (Å²) in [6.07, 6.45) is 1.70. The Morgan fingerprint density at radius 3 is 2.62 bits per heavy atom. The fourth-order valence-electron chi connectivity index (χ4n) is 3.85. The van der Waals surface area contributed by atoms with Crippen molar-refractivity contribution < 1.29 is 14.3 Å². The number of nitrogens with zero attached hydrogens (tertiary/aromatic N) is 3. The summed E-state index contributed by atoms with van der Waals surface area (Å²) in [5.41, 5.74) is 1.04. The third kappa shape index (κ3) is 5.76. The molecule has 0 bridgehead atoms. The summed E-state index contributed by atoms with van der Waals surface area (Å²) in [6.45, 7) is 7.51. The minimum Gasteiger partial charge on any atom is -0.493 e. The van der Waals surface area contributed by atoms with Crippen LogP contribution in [0.25, 0.3) is 0 Å². The van der Waals surface area contributed by atoms with Gasteiger partial charge in [-0.25, -0.2) is 0 Å². The van der Waals surface area contributed by atoms with Crippen molar-refractivity contribution in [3.05, 3.63) is 28.8 Å². The van der Waals surface area contributed by atoms with Crippen LogP contribution in [0, 0.1) is 5.92 Å². The number of nitrogens with one attached hydrogen (secondary N) is 1. The van der Waals surface area contributed by atoms with E-state index in [1.807, 2.05) is 30.0 Å². The fourth-order valence-corrected chi connectivity index (χ4v) is 4.01. The lowest BCUT2D eigenvalue weighted by Gasteiger charge is -2.36. The quantitative estimate of drug-likeness (QED) is 0.583. The Labute approximate surface area is 178 Å². The molecule has 2 aliphatic rings. The summed E-state index contributed by atoms with van der Waals surface area (Å²) in [5.74, 6) is 2.01. The minimum absolute atomic E-state index is 0.100. The number of guanidine groups is 1. The van der Waals surface area contributed by atoms with Gasteiger partial charge >= 0.3 is 0 Å². The Bertz CT molecular complexity index is 714. The predicted octanol–water partition coefficient (Wildman–Crippen LogP) is 2.38. The molecule has 0 spiro atoms. The summed E-state index contributed by atoms with van der Waals surface area (Å²) in [4.78, 5) is 21.3. The number of carbonyl (C=O) groups excluding carboxylic acids is 1. The van der Waals surface area contributed by atoms with Gasteiger partial charge in [-0.3, -0.25) is 9.79 Å². The smallest absolute Gasteiger partial charge is 0.225 e. The van der Waals surface area contributed by atoms with Crippen molar-refractivity contribution in [3.63, 3.8) is 0 Å². The van der Waals surface area contributed by atoms with Gasteiger partial charge in [-0.15, -0.1) is 0 Å². The SMILES string of the molecule is CCOc1cc(Cl)ccc1CNC(=NC)N1CCC(C(=O)N2CCOCC2)CC1. The van der Waals surface area contributed by atoms with Crippen LogP contribution in [0.2, 0.25) is 5.02 Å². The van der Waals surface area contributed by atoms with E-state index < -0.39 is 0 Å². The minimum atomic E-state index is 0.100. The van der Waals surface area contributed by atoms with E-state index in [0.717, 1.165) is 43.2 Å². The zero-order valence-corrected chi connectivity index (χ0v) is 18.1. The van der Waals surface area contributed by atoms with Crippen molar-refractivity contribution in [3.8, 4) is 5.75 Å². The number of likely N-dealkylation sites (tertiary alicyclic amines) is 1. The van der Waals surface area contributed by atoms with Gasteiger partial charge in [0.1, 0.15) is 5.75 Å². The van der Waals surface area contributed by atoms with Crippen LogP contribution >= 0.6 is 11.6 Å². The van der Waals surface area contributed by atoms with E-state index in [1.54, 1.807) is 7.05 Å². The van der Waals surface area contributed by atoms with Crippen molar-refractivity contribution >= 4 is 23.5 Å². The van der Waals surface area contributed by atoms with Crippen LogP contribution in [-0.4, -0.2) is 74.7 Å². The molecule has 0 atom stereocenters. The number of benzene rings is 1. The van der Waals surface area contributed by atoms with Gasteiger partial charge in [0.15, 0.2) is 5.96 Å². The first-order valence-electron chi connectivity index (χ1n) is 10.4. The molecule has 0 radical (unpaired) electrons. The van der Waals surface area contributed by atoms with Gasteiger partial charge < -0.3 is 24.6 Å². The highest BCUT2D eigenvalue weighted by molar-refractivity contribution is 6.30. The Morgan fingerprint density at radius 1 is 1.24 bits per heavy atom. The van der Waals surface area contributed by atoms with Crippen LogP contribution < -0.4 is 10.1 Å². The monoisotopic (exact) mass is 422 g/mol. The van der Waals surface area contributed by atoms with Gasteiger partial charge in [0.05, 0.1) is 19.8 Å². The highest BCUT2D eigenvalue weighted by Gasteiger charge is 2.30. The second kappa shape index (κ2) is 10.7. The molecular weight excluding hydrogens is 392 g/mol. The summed E-state index contributed by atoms with van der Waals surface area (Å²) in [7, 11) is 1.79. The molecule has 0 aliphatic carbocycles. The van der Waals surface area contributed by atoms with Gasteiger partial charge in [-0.1, -0.05) is 17.7 Å². The van der Waals surface area contributed by atoms with Crippen LogP contribution in [0.5, 0.6) is 5.75 Å². The topological polar surface area (TPSA) is 66.4 Å². The molecule has 0 unspecified atom stereocenters. The number of carbonyl (C=O) groups is 1. The summed E-state index contributed by atoms with van der Waals surface area (Å²) in [6, 6.07) is 5.68. The molecule has 0 saturated carbocycles. The zero-order valence-electron chi connectivity index (χ0n) is 17.3. The molecule has 1 aromatic rings. The number of rotatable bonds is 5. The molecule has 2 saturated heterocycles. The van der Waals surface area contributed by atoms with E-state index in [-0.39, 0.29) is 11.8 Å². The Hall–Kier alpha value is -1.99. The molecule has 2 fully saturated rings. The lowest BCUT2D eigenvalue weighted by atomic mass is 9.95. The predicted molar refractivity (Wildman–Crippen MR) is 115 cm³/mol. The van der Waals surface area contributed by atoms with Crippen molar-refractivity contribution in [2.45, 2.75) is 26.3 Å². The molecule has 29 heavy (non-hydrogen) atoms. The largest absolute Gasteiger partial charge is 0.493 e. The average Bonchev–Trinajstić information content (AvgIpc) is 2.76. The second-order valence-corrected chi connectivity index (χ2v) is 7.72. The van der Waals surface area contributed by atoms with Crippen molar-refractivity contribution in [2.75, 3.05) is 53.0 Å². The van der Waals surface area contributed by atoms with E-state index in [9.17, 15) is 4.79 Å². The van der Waals surface area contributed by atoms with Crippen LogP contribution in [0.15, 0.2) is 23.2 Å². The zero-order chi connectivity index (χ0) is 20.6. The average molecular weight is 423 g/mol. The van der Waals surface area contributed by atoms with Gasteiger partial charge in [0.2, 0.25) is 5.91 Å². The number of halogens is 1. The van der Waals surface area contributed by atoms with E-state index >= 15 is 0 Å². The first kappa shape index (κ1) is 21.7. The Kier molecular flexibility index (Phi) is 8.00. The summed E-state index contributed by atoms with van der Waals surface area (Å²) < 4.78 is 11.0. The highest BCUT2D eigenvalue weighted by atomic mass is 35.5. The Balaban J connectivity index is 1.52. The number of aliphatic imine (C=N–C) groups is 1.